The van der Waals surface area contributed by atoms with Crippen molar-refractivity contribution in [2.45, 2.75) is 328 Å². The number of phosphoric acid groups is 1. The van der Waals surface area contributed by atoms with Crippen molar-refractivity contribution in [2.24, 2.45) is 0 Å². The lowest BCUT2D eigenvalue weighted by Gasteiger charge is -2.21. The van der Waals surface area contributed by atoms with E-state index >= 15 is 0 Å². The highest BCUT2D eigenvalue weighted by Gasteiger charge is 2.28. The van der Waals surface area contributed by atoms with Gasteiger partial charge in [0.05, 0.1) is 19.8 Å². The quantitative estimate of drug-likeness (QED) is 0.0197. The molecule has 0 fully saturated rings. The van der Waals surface area contributed by atoms with Crippen molar-refractivity contribution in [3.8, 4) is 0 Å². The van der Waals surface area contributed by atoms with Gasteiger partial charge in [-0.25, -0.2) is 4.57 Å². The van der Waals surface area contributed by atoms with Gasteiger partial charge in [-0.05, 0) is 89.9 Å². The van der Waals surface area contributed by atoms with Crippen molar-refractivity contribution in [1.82, 2.24) is 0 Å². The topological polar surface area (TPSA) is 155 Å². The summed E-state index contributed by atoms with van der Waals surface area (Å²) in [4.78, 5) is 48.9. The van der Waals surface area contributed by atoms with Crippen molar-refractivity contribution in [2.75, 3.05) is 26.4 Å². The minimum atomic E-state index is -4.76. The molecule has 82 heavy (non-hydrogen) atoms. The number of aliphatic hydroxyl groups excluding tert-OH is 1. The van der Waals surface area contributed by atoms with Gasteiger partial charge < -0.3 is 24.2 Å². The largest absolute Gasteiger partial charge is 0.472 e. The third kappa shape index (κ3) is 61.5. The van der Waals surface area contributed by atoms with Gasteiger partial charge in [0, 0.05) is 19.3 Å². The number of unbranched alkanes of at least 4 members (excludes halogenated alkanes) is 34. The van der Waals surface area contributed by atoms with Gasteiger partial charge in [0.2, 0.25) is 0 Å². The minimum Gasteiger partial charge on any atom is -0.462 e. The first-order chi connectivity index (χ1) is 40.2. The molecule has 0 saturated carbocycles. The van der Waals surface area contributed by atoms with Crippen LogP contribution in [0.2, 0.25) is 0 Å². The Labute approximate surface area is 503 Å². The zero-order chi connectivity index (χ0) is 59.8. The van der Waals surface area contributed by atoms with E-state index in [1.54, 1.807) is 0 Å². The molecular formula is C70H125O11P. The van der Waals surface area contributed by atoms with Gasteiger partial charge in [0.15, 0.2) is 6.10 Å². The number of hydrogen-bond acceptors (Lipinski definition) is 10. The molecule has 0 rings (SSSR count). The van der Waals surface area contributed by atoms with Crippen LogP contribution in [0, 0.1) is 0 Å². The van der Waals surface area contributed by atoms with Crippen molar-refractivity contribution >= 4 is 25.7 Å². The summed E-state index contributed by atoms with van der Waals surface area (Å²) >= 11 is 0. The number of phosphoric ester groups is 1. The van der Waals surface area contributed by atoms with Crippen LogP contribution < -0.4 is 0 Å². The summed E-state index contributed by atoms with van der Waals surface area (Å²) in [5.74, 6) is -1.47. The van der Waals surface area contributed by atoms with Gasteiger partial charge in [-0.1, -0.05) is 280 Å². The maximum atomic E-state index is 13.0. The zero-order valence-electron chi connectivity index (χ0n) is 53.0. The fourth-order valence-corrected chi connectivity index (χ4v) is 10.3. The molecule has 0 spiro atoms. The lowest BCUT2D eigenvalue weighted by atomic mass is 10.0. The Morgan fingerprint density at radius 2 is 0.634 bits per heavy atom. The van der Waals surface area contributed by atoms with Crippen molar-refractivity contribution in [3.63, 3.8) is 0 Å². The van der Waals surface area contributed by atoms with Gasteiger partial charge in [-0.2, -0.15) is 0 Å². The van der Waals surface area contributed by atoms with E-state index in [4.69, 9.17) is 23.3 Å². The molecule has 0 aliphatic rings. The monoisotopic (exact) mass is 1170 g/mol. The van der Waals surface area contributed by atoms with Crippen LogP contribution in [0.1, 0.15) is 316 Å². The van der Waals surface area contributed by atoms with Gasteiger partial charge >= 0.3 is 25.7 Å². The fraction of sp³-hybridized carbons (Fsp3) is 0.786. The molecular weight excluding hydrogens is 1050 g/mol. The summed E-state index contributed by atoms with van der Waals surface area (Å²) in [6, 6.07) is 0. The van der Waals surface area contributed by atoms with E-state index < -0.39 is 57.8 Å². The van der Waals surface area contributed by atoms with Gasteiger partial charge in [-0.15, -0.1) is 0 Å². The van der Waals surface area contributed by atoms with E-state index in [1.165, 1.54) is 135 Å². The van der Waals surface area contributed by atoms with Crippen molar-refractivity contribution in [1.29, 1.82) is 0 Å². The number of aliphatic hydroxyl groups is 1. The lowest BCUT2D eigenvalue weighted by Crippen LogP contribution is -2.30. The maximum absolute atomic E-state index is 13.0. The molecule has 0 saturated heterocycles. The van der Waals surface area contributed by atoms with Crippen LogP contribution in [0.25, 0.3) is 0 Å². The normalized spacial score (nSPS) is 13.7. The summed E-state index contributed by atoms with van der Waals surface area (Å²) in [5.41, 5.74) is 0. The number of carbonyl (C=O) groups is 3. The molecule has 3 unspecified atom stereocenters. The Morgan fingerprint density at radius 3 is 1.00 bits per heavy atom. The number of rotatable bonds is 63. The summed E-state index contributed by atoms with van der Waals surface area (Å²) in [7, 11) is -4.76. The van der Waals surface area contributed by atoms with Crippen molar-refractivity contribution < 1.29 is 52.2 Å². The Bertz CT molecular complexity index is 1650. The molecule has 2 N–H and O–H groups in total. The van der Waals surface area contributed by atoms with Crippen molar-refractivity contribution in [3.05, 3.63) is 72.9 Å². The van der Waals surface area contributed by atoms with E-state index in [2.05, 4.69) is 93.7 Å². The summed E-state index contributed by atoms with van der Waals surface area (Å²) < 4.78 is 39.8. The van der Waals surface area contributed by atoms with E-state index in [1.807, 2.05) is 0 Å². The molecule has 0 heterocycles. The highest BCUT2D eigenvalue weighted by Crippen LogP contribution is 2.43. The number of allylic oxidation sites excluding steroid dienone is 12. The molecule has 0 aromatic rings. The second-order valence-corrected chi connectivity index (χ2v) is 24.1. The molecule has 0 aromatic heterocycles. The molecule has 0 aliphatic carbocycles. The third-order valence-corrected chi connectivity index (χ3v) is 15.6. The first-order valence-electron chi connectivity index (χ1n) is 33.8. The molecule has 0 radical (unpaired) electrons. The molecule has 0 amide bonds. The predicted octanol–water partition coefficient (Wildman–Crippen LogP) is 20.8. The van der Waals surface area contributed by atoms with Crippen LogP contribution in [0.3, 0.4) is 0 Å². The Hall–Kier alpha value is -3.08. The molecule has 0 aliphatic heterocycles. The molecule has 3 atom stereocenters. The minimum absolute atomic E-state index is 0.153. The van der Waals surface area contributed by atoms with E-state index in [9.17, 15) is 28.9 Å². The second kappa shape index (κ2) is 63.9. The third-order valence-electron chi connectivity index (χ3n) is 14.6. The second-order valence-electron chi connectivity index (χ2n) is 22.6. The van der Waals surface area contributed by atoms with E-state index in [0.717, 1.165) is 122 Å². The van der Waals surface area contributed by atoms with Gasteiger partial charge in [0.1, 0.15) is 12.7 Å². The Morgan fingerprint density at radius 1 is 0.354 bits per heavy atom. The average Bonchev–Trinajstić information content (AvgIpc) is 3.49. The maximum Gasteiger partial charge on any atom is 0.472 e. The Kier molecular flexibility index (Phi) is 61.5. The number of esters is 3. The van der Waals surface area contributed by atoms with Crippen LogP contribution in [0.5, 0.6) is 0 Å². The van der Waals surface area contributed by atoms with Gasteiger partial charge in [0.25, 0.3) is 0 Å². The molecule has 476 valence electrons. The highest BCUT2D eigenvalue weighted by molar-refractivity contribution is 7.47. The number of carbonyl (C=O) groups excluding carboxylic acids is 3. The van der Waals surface area contributed by atoms with E-state index in [-0.39, 0.29) is 25.9 Å². The first-order valence-corrected chi connectivity index (χ1v) is 35.3. The van der Waals surface area contributed by atoms with Crippen LogP contribution >= 0.6 is 7.82 Å². The lowest BCUT2D eigenvalue weighted by molar-refractivity contribution is -0.161. The Balaban J connectivity index is 4.70. The number of hydrogen-bond donors (Lipinski definition) is 2. The summed E-state index contributed by atoms with van der Waals surface area (Å²) in [6.07, 6.45) is 74.2. The van der Waals surface area contributed by atoms with E-state index in [0.29, 0.717) is 19.3 Å². The van der Waals surface area contributed by atoms with Crippen LogP contribution in [-0.2, 0) is 42.2 Å². The number of ether oxygens (including phenoxy) is 3. The van der Waals surface area contributed by atoms with Crippen LogP contribution in [-0.4, -0.2) is 66.5 Å². The smallest absolute Gasteiger partial charge is 0.462 e. The summed E-state index contributed by atoms with van der Waals surface area (Å²) in [6.45, 7) is 4.55. The summed E-state index contributed by atoms with van der Waals surface area (Å²) in [5, 5.41) is 9.87. The first kappa shape index (κ1) is 78.9. The molecule has 0 bridgehead atoms. The van der Waals surface area contributed by atoms with Crippen LogP contribution in [0.15, 0.2) is 72.9 Å². The van der Waals surface area contributed by atoms with Gasteiger partial charge in [-0.3, -0.25) is 23.4 Å². The average molecular weight is 1170 g/mol. The molecule has 0 aromatic carbocycles. The molecule has 12 heteroatoms. The van der Waals surface area contributed by atoms with Crippen LogP contribution in [0.4, 0.5) is 0 Å². The molecule has 11 nitrogen and oxygen atoms in total. The standard InChI is InChI=1S/C70H125O11P/c1-4-7-10-13-16-19-22-25-28-31-33-36-38-41-44-47-50-53-56-59-68(72)77-63-67(81-70(74)61-58-55-52-49-46-43-40-37-34-32-29-26-23-20-17-14-11-8-5-2)65-79-82(75,76)78-64-66(62-71)80-69(73)60-57-54-51-48-45-42-39-35-30-27-24-21-18-15-12-9-6-3/h9,12,17-18,20-21,26-27,29-30,34,37,66-67,71H,4-8,10-11,13-16,19,22-25,28,31-33,35-36,38-65H2,1-3H3,(H,75,76)/b12-9-,20-17-,21-18-,29-26-,30-27-,37-34-. The SMILES string of the molecule is CC/C=C\C/C=C\C/C=C\CCCCCCCCCC(=O)OC(CO)COP(=O)(O)OCC(COC(=O)CCCCCCCCCCCCCCCCCCCCC)OC(=O)CCCCCCCC/C=C\C/C=C\C/C=C\CCCCC. The predicted molar refractivity (Wildman–Crippen MR) is 344 cm³/mol. The zero-order valence-corrected chi connectivity index (χ0v) is 53.8. The fourth-order valence-electron chi connectivity index (χ4n) is 9.50. The highest BCUT2D eigenvalue weighted by atomic mass is 31.2.